The number of nitrogens with one attached hydrogen (secondary N) is 1. The van der Waals surface area contributed by atoms with Crippen molar-refractivity contribution in [1.82, 2.24) is 9.97 Å². The van der Waals surface area contributed by atoms with E-state index in [1.54, 1.807) is 29.5 Å². The van der Waals surface area contributed by atoms with Crippen LogP contribution < -0.4 is 5.32 Å². The molecule has 0 spiro atoms. The number of fused-ring (bicyclic) bond motifs is 1. The van der Waals surface area contributed by atoms with Crippen molar-refractivity contribution < 1.29 is 4.42 Å². The Morgan fingerprint density at radius 3 is 2.69 bits per heavy atom. The predicted octanol–water partition coefficient (Wildman–Crippen LogP) is 7.67. The van der Waals surface area contributed by atoms with Gasteiger partial charge in [0.15, 0.2) is 5.58 Å². The number of benzene rings is 3. The molecule has 0 aliphatic heterocycles. The lowest BCUT2D eigenvalue weighted by atomic mass is 10.1. The van der Waals surface area contributed by atoms with Gasteiger partial charge in [0, 0.05) is 27.2 Å². The molecule has 0 saturated carbocycles. The van der Waals surface area contributed by atoms with Gasteiger partial charge in [0.2, 0.25) is 0 Å². The smallest absolute Gasteiger partial charge is 0.300 e. The minimum atomic E-state index is 0.412. The summed E-state index contributed by atoms with van der Waals surface area (Å²) in [6, 6.07) is 21.4. The summed E-state index contributed by atoms with van der Waals surface area (Å²) in [5.41, 5.74) is 5.05. The van der Waals surface area contributed by atoms with Crippen molar-refractivity contribution in [2.24, 2.45) is 0 Å². The zero-order valence-electron chi connectivity index (χ0n) is 14.9. The van der Waals surface area contributed by atoms with Crippen LogP contribution in [0.3, 0.4) is 0 Å². The molecule has 5 aromatic rings. The quantitative estimate of drug-likeness (QED) is 0.313. The average Bonchev–Trinajstić information content (AvgIpc) is 3.35. The topological polar surface area (TPSA) is 51.0 Å². The maximum Gasteiger partial charge on any atom is 0.300 e. The van der Waals surface area contributed by atoms with E-state index in [-0.39, 0.29) is 0 Å². The largest absolute Gasteiger partial charge is 0.423 e. The molecule has 4 nitrogen and oxygen atoms in total. The summed E-state index contributed by atoms with van der Waals surface area (Å²) >= 11 is 13.9. The van der Waals surface area contributed by atoms with Crippen LogP contribution in [-0.2, 0) is 0 Å². The fourth-order valence-electron chi connectivity index (χ4n) is 3.00. The van der Waals surface area contributed by atoms with Gasteiger partial charge in [-0.2, -0.15) is 4.98 Å². The number of thiazole rings is 1. The van der Waals surface area contributed by atoms with Crippen molar-refractivity contribution in [2.75, 3.05) is 5.32 Å². The Morgan fingerprint density at radius 1 is 0.897 bits per heavy atom. The van der Waals surface area contributed by atoms with Crippen LogP contribution in [0, 0.1) is 0 Å². The van der Waals surface area contributed by atoms with Gasteiger partial charge in [-0.25, -0.2) is 4.98 Å². The average molecular weight is 438 g/mol. The number of rotatable bonds is 4. The maximum absolute atomic E-state index is 6.30. The summed E-state index contributed by atoms with van der Waals surface area (Å²) in [6.45, 7) is 0. The molecule has 29 heavy (non-hydrogen) atoms. The second kappa shape index (κ2) is 7.52. The van der Waals surface area contributed by atoms with E-state index in [9.17, 15) is 0 Å². The van der Waals surface area contributed by atoms with Gasteiger partial charge >= 0.3 is 0 Å². The molecule has 142 valence electrons. The molecule has 0 bridgehead atoms. The van der Waals surface area contributed by atoms with Gasteiger partial charge in [-0.1, -0.05) is 53.5 Å². The lowest BCUT2D eigenvalue weighted by molar-refractivity contribution is 0.623. The minimum absolute atomic E-state index is 0.412. The van der Waals surface area contributed by atoms with Crippen molar-refractivity contribution in [3.63, 3.8) is 0 Å². The number of hydrogen-bond donors (Lipinski definition) is 1. The highest BCUT2D eigenvalue weighted by molar-refractivity contribution is 7.13. The van der Waals surface area contributed by atoms with Crippen LogP contribution in [0.2, 0.25) is 10.0 Å². The molecule has 0 aliphatic carbocycles. The Bertz CT molecular complexity index is 1330. The van der Waals surface area contributed by atoms with Gasteiger partial charge in [-0.15, -0.1) is 11.3 Å². The third-order valence-corrected chi connectivity index (χ3v) is 5.81. The van der Waals surface area contributed by atoms with Gasteiger partial charge in [0.25, 0.3) is 6.01 Å². The molecular weight excluding hydrogens is 425 g/mol. The maximum atomic E-state index is 6.30. The molecule has 0 aliphatic rings. The van der Waals surface area contributed by atoms with Crippen molar-refractivity contribution in [3.05, 3.63) is 82.2 Å². The molecular formula is C22H13Cl2N3OS. The molecule has 0 amide bonds. The Balaban J connectivity index is 1.43. The van der Waals surface area contributed by atoms with E-state index < -0.39 is 0 Å². The first-order chi connectivity index (χ1) is 14.2. The van der Waals surface area contributed by atoms with E-state index in [1.165, 1.54) is 0 Å². The molecule has 3 aromatic carbocycles. The first-order valence-corrected chi connectivity index (χ1v) is 10.4. The molecule has 2 aromatic heterocycles. The van der Waals surface area contributed by atoms with E-state index in [1.807, 2.05) is 53.9 Å². The van der Waals surface area contributed by atoms with Crippen LogP contribution in [0.1, 0.15) is 0 Å². The zero-order chi connectivity index (χ0) is 19.8. The lowest BCUT2D eigenvalue weighted by Gasteiger charge is -2.04. The summed E-state index contributed by atoms with van der Waals surface area (Å²) in [5, 5.41) is 7.44. The van der Waals surface area contributed by atoms with E-state index in [2.05, 4.69) is 10.3 Å². The third-order valence-electron chi connectivity index (χ3n) is 4.37. The SMILES string of the molecule is Clc1ccc2oc(Nc3cccc(-c4csc(-c5ccccc5Cl)n4)c3)nc2c1. The van der Waals surface area contributed by atoms with Crippen LogP contribution in [0.4, 0.5) is 11.7 Å². The highest BCUT2D eigenvalue weighted by Crippen LogP contribution is 2.34. The minimum Gasteiger partial charge on any atom is -0.423 e. The van der Waals surface area contributed by atoms with Crippen molar-refractivity contribution >= 4 is 57.3 Å². The van der Waals surface area contributed by atoms with Crippen molar-refractivity contribution in [1.29, 1.82) is 0 Å². The van der Waals surface area contributed by atoms with Crippen LogP contribution >= 0.6 is 34.5 Å². The second-order valence-corrected chi connectivity index (χ2v) is 8.06. The van der Waals surface area contributed by atoms with E-state index in [0.717, 1.165) is 27.5 Å². The number of anilines is 2. The molecule has 2 heterocycles. The highest BCUT2D eigenvalue weighted by atomic mass is 35.5. The number of nitrogens with zero attached hydrogens (tertiary/aromatic N) is 2. The van der Waals surface area contributed by atoms with Crippen molar-refractivity contribution in [3.8, 4) is 21.8 Å². The van der Waals surface area contributed by atoms with Gasteiger partial charge in [0.05, 0.1) is 10.7 Å². The zero-order valence-corrected chi connectivity index (χ0v) is 17.2. The second-order valence-electron chi connectivity index (χ2n) is 6.35. The van der Waals surface area contributed by atoms with E-state index in [0.29, 0.717) is 27.2 Å². The number of hydrogen-bond acceptors (Lipinski definition) is 5. The molecule has 0 fully saturated rings. The lowest BCUT2D eigenvalue weighted by Crippen LogP contribution is -1.90. The summed E-state index contributed by atoms with van der Waals surface area (Å²) in [5.74, 6) is 0. The Labute approximate surface area is 180 Å². The Morgan fingerprint density at radius 2 is 1.79 bits per heavy atom. The summed E-state index contributed by atoms with van der Waals surface area (Å²) in [7, 11) is 0. The van der Waals surface area contributed by atoms with Gasteiger partial charge in [-0.3, -0.25) is 0 Å². The van der Waals surface area contributed by atoms with Crippen LogP contribution in [0.5, 0.6) is 0 Å². The van der Waals surface area contributed by atoms with Gasteiger partial charge in [-0.05, 0) is 36.4 Å². The van der Waals surface area contributed by atoms with Crippen LogP contribution in [0.25, 0.3) is 32.9 Å². The van der Waals surface area contributed by atoms with Crippen LogP contribution in [0.15, 0.2) is 76.5 Å². The molecule has 5 rings (SSSR count). The number of halogens is 2. The number of aromatic nitrogens is 2. The predicted molar refractivity (Wildman–Crippen MR) is 120 cm³/mol. The normalized spacial score (nSPS) is 11.1. The molecule has 0 saturated heterocycles. The molecule has 0 radical (unpaired) electrons. The van der Waals surface area contributed by atoms with Gasteiger partial charge < -0.3 is 9.73 Å². The molecule has 0 atom stereocenters. The molecule has 7 heteroatoms. The van der Waals surface area contributed by atoms with Gasteiger partial charge in [0.1, 0.15) is 10.5 Å². The molecule has 0 unspecified atom stereocenters. The summed E-state index contributed by atoms with van der Waals surface area (Å²) in [6.07, 6.45) is 0. The van der Waals surface area contributed by atoms with E-state index >= 15 is 0 Å². The fraction of sp³-hybridized carbons (Fsp3) is 0. The highest BCUT2D eigenvalue weighted by Gasteiger charge is 2.11. The van der Waals surface area contributed by atoms with Crippen LogP contribution in [-0.4, -0.2) is 9.97 Å². The fourth-order valence-corrected chi connectivity index (χ4v) is 4.31. The first-order valence-electron chi connectivity index (χ1n) is 8.80. The summed E-state index contributed by atoms with van der Waals surface area (Å²) < 4.78 is 5.74. The third kappa shape index (κ3) is 3.72. The summed E-state index contributed by atoms with van der Waals surface area (Å²) in [4.78, 5) is 9.19. The monoisotopic (exact) mass is 437 g/mol. The van der Waals surface area contributed by atoms with Crippen molar-refractivity contribution in [2.45, 2.75) is 0 Å². The first kappa shape index (κ1) is 18.2. The van der Waals surface area contributed by atoms with E-state index in [4.69, 9.17) is 32.6 Å². The number of oxazole rings is 1. The molecule has 1 N–H and O–H groups in total. The standard InChI is InChI=1S/C22H13Cl2N3OS/c23-14-8-9-20-18(11-14)27-22(28-20)25-15-5-3-4-13(10-15)19-12-29-21(26-19)16-6-1-2-7-17(16)24/h1-12H,(H,25,27). The Kier molecular flexibility index (Phi) is 4.72. The Hall–Kier alpha value is -2.86.